The highest BCUT2D eigenvalue weighted by Crippen LogP contribution is 2.30. The van der Waals surface area contributed by atoms with Gasteiger partial charge in [0.15, 0.2) is 10.9 Å². The molecule has 1 aliphatic heterocycles. The summed E-state index contributed by atoms with van der Waals surface area (Å²) in [7, 11) is 0. The first-order valence-electron chi connectivity index (χ1n) is 11.7. The topological polar surface area (TPSA) is 77.8 Å². The number of benzene rings is 2. The molecule has 0 saturated carbocycles. The molecule has 1 fully saturated rings. The number of thiocarbonyl (C=S) groups is 1. The minimum atomic E-state index is -0.280. The molecule has 188 valence electrons. The van der Waals surface area contributed by atoms with Gasteiger partial charge in [-0.05, 0) is 65.7 Å². The molecular formula is C27H29ClN4O3S. The zero-order valence-electron chi connectivity index (χ0n) is 20.5. The summed E-state index contributed by atoms with van der Waals surface area (Å²) >= 11 is 11.9. The highest BCUT2D eigenvalue weighted by molar-refractivity contribution is 7.80. The summed E-state index contributed by atoms with van der Waals surface area (Å²) in [5.74, 6) is -0.0365. The van der Waals surface area contributed by atoms with Gasteiger partial charge in [0.1, 0.15) is 0 Å². The van der Waals surface area contributed by atoms with Gasteiger partial charge in [0.2, 0.25) is 0 Å². The summed E-state index contributed by atoms with van der Waals surface area (Å²) in [6.07, 6.45) is 1.50. The Hall–Kier alpha value is -3.36. The van der Waals surface area contributed by atoms with E-state index in [-0.39, 0.29) is 22.3 Å². The Bertz CT molecular complexity index is 1250. The molecule has 2 amide bonds. The van der Waals surface area contributed by atoms with Crippen molar-refractivity contribution in [3.8, 4) is 0 Å². The van der Waals surface area contributed by atoms with Crippen LogP contribution >= 0.6 is 23.8 Å². The number of rotatable bonds is 4. The fraction of sp³-hybridized carbons (Fsp3) is 0.296. The molecule has 0 bridgehead atoms. The minimum absolute atomic E-state index is 0.0161. The number of amides is 2. The fourth-order valence-corrected chi connectivity index (χ4v) is 4.52. The second-order valence-corrected chi connectivity index (χ2v) is 10.5. The molecular weight excluding hydrogens is 496 g/mol. The van der Waals surface area contributed by atoms with Crippen LogP contribution in [0.4, 0.5) is 11.4 Å². The molecule has 1 aliphatic rings. The number of anilines is 2. The molecule has 2 aromatic carbocycles. The van der Waals surface area contributed by atoms with Crippen LogP contribution in [-0.2, 0) is 5.41 Å². The van der Waals surface area contributed by atoms with Gasteiger partial charge in [-0.2, -0.15) is 0 Å². The molecule has 1 aromatic heterocycles. The van der Waals surface area contributed by atoms with Crippen molar-refractivity contribution in [3.05, 3.63) is 82.8 Å². The zero-order chi connectivity index (χ0) is 25.9. The van der Waals surface area contributed by atoms with E-state index in [9.17, 15) is 9.59 Å². The van der Waals surface area contributed by atoms with Crippen LogP contribution in [0.15, 0.2) is 65.3 Å². The van der Waals surface area contributed by atoms with Gasteiger partial charge in [0.25, 0.3) is 11.8 Å². The number of carbonyl (C=O) groups is 2. The summed E-state index contributed by atoms with van der Waals surface area (Å²) < 4.78 is 5.22. The lowest BCUT2D eigenvalue weighted by molar-refractivity contribution is 0.0714. The minimum Gasteiger partial charge on any atom is -0.459 e. The summed E-state index contributed by atoms with van der Waals surface area (Å²) in [6, 6.07) is 16.4. The van der Waals surface area contributed by atoms with Crippen LogP contribution in [0.2, 0.25) is 5.02 Å². The number of piperazine rings is 1. The Kier molecular flexibility index (Phi) is 7.66. The van der Waals surface area contributed by atoms with Crippen molar-refractivity contribution in [2.75, 3.05) is 36.4 Å². The highest BCUT2D eigenvalue weighted by Gasteiger charge is 2.25. The predicted molar refractivity (Wildman–Crippen MR) is 147 cm³/mol. The van der Waals surface area contributed by atoms with Gasteiger partial charge in [-0.25, -0.2) is 0 Å². The number of hydrogen-bond acceptors (Lipinski definition) is 5. The lowest BCUT2D eigenvalue weighted by Crippen LogP contribution is -2.48. The second kappa shape index (κ2) is 10.7. The molecule has 36 heavy (non-hydrogen) atoms. The molecule has 1 saturated heterocycles. The number of furan rings is 1. The quantitative estimate of drug-likeness (QED) is 0.450. The standard InChI is InChI=1S/C27H29ClN4O3S/c1-27(2,3)19-8-6-18(7-9-19)24(33)30-26(36)29-20-10-11-22(21(28)17-20)31-12-14-32(15-13-31)25(34)23-5-4-16-35-23/h4-11,16-17H,12-15H2,1-3H3,(H2,29,30,33,36). The van der Waals surface area contributed by atoms with Crippen LogP contribution < -0.4 is 15.5 Å². The number of nitrogens with one attached hydrogen (secondary N) is 2. The number of halogens is 1. The van der Waals surface area contributed by atoms with Crippen molar-refractivity contribution in [2.24, 2.45) is 0 Å². The Morgan fingerprint density at radius 3 is 2.28 bits per heavy atom. The van der Waals surface area contributed by atoms with Crippen LogP contribution in [0.25, 0.3) is 0 Å². The number of hydrogen-bond donors (Lipinski definition) is 2. The average molecular weight is 525 g/mol. The second-order valence-electron chi connectivity index (χ2n) is 9.66. The van der Waals surface area contributed by atoms with Crippen molar-refractivity contribution >= 4 is 52.1 Å². The number of nitrogens with zero attached hydrogens (tertiary/aromatic N) is 2. The van der Waals surface area contributed by atoms with E-state index < -0.39 is 0 Å². The molecule has 0 aliphatic carbocycles. The zero-order valence-corrected chi connectivity index (χ0v) is 22.1. The van der Waals surface area contributed by atoms with Crippen LogP contribution in [0.5, 0.6) is 0 Å². The van der Waals surface area contributed by atoms with Gasteiger partial charge in [-0.15, -0.1) is 0 Å². The third-order valence-corrected chi connectivity index (χ3v) is 6.59. The van der Waals surface area contributed by atoms with Gasteiger partial charge in [-0.1, -0.05) is 44.5 Å². The molecule has 9 heteroatoms. The maximum Gasteiger partial charge on any atom is 0.289 e. The van der Waals surface area contributed by atoms with Crippen molar-refractivity contribution < 1.29 is 14.0 Å². The van der Waals surface area contributed by atoms with Gasteiger partial charge in [0, 0.05) is 37.4 Å². The predicted octanol–water partition coefficient (Wildman–Crippen LogP) is 5.32. The molecule has 4 rings (SSSR count). The van der Waals surface area contributed by atoms with Crippen LogP contribution in [-0.4, -0.2) is 48.0 Å². The third kappa shape index (κ3) is 6.06. The molecule has 7 nitrogen and oxygen atoms in total. The first-order chi connectivity index (χ1) is 17.1. The van der Waals surface area contributed by atoms with Crippen molar-refractivity contribution in [3.63, 3.8) is 0 Å². The highest BCUT2D eigenvalue weighted by atomic mass is 35.5. The molecule has 0 unspecified atom stereocenters. The lowest BCUT2D eigenvalue weighted by atomic mass is 9.87. The van der Waals surface area contributed by atoms with Gasteiger partial charge in [0.05, 0.1) is 17.0 Å². The van der Waals surface area contributed by atoms with Crippen LogP contribution in [0.3, 0.4) is 0 Å². The SMILES string of the molecule is CC(C)(C)c1ccc(C(=O)NC(=S)Nc2ccc(N3CCN(C(=O)c4ccco4)CC3)c(Cl)c2)cc1. The maximum absolute atomic E-state index is 12.6. The summed E-state index contributed by atoms with van der Waals surface area (Å²) in [5, 5.41) is 6.47. The smallest absolute Gasteiger partial charge is 0.289 e. The van der Waals surface area contributed by atoms with Crippen molar-refractivity contribution in [2.45, 2.75) is 26.2 Å². The first kappa shape index (κ1) is 25.7. The largest absolute Gasteiger partial charge is 0.459 e. The molecule has 2 N–H and O–H groups in total. The Morgan fingerprint density at radius 1 is 1.00 bits per heavy atom. The van der Waals surface area contributed by atoms with Crippen molar-refractivity contribution in [1.29, 1.82) is 0 Å². The summed E-state index contributed by atoms with van der Waals surface area (Å²) in [5.41, 5.74) is 3.25. The Balaban J connectivity index is 1.31. The van der Waals surface area contributed by atoms with Crippen LogP contribution in [0.1, 0.15) is 47.2 Å². The van der Waals surface area contributed by atoms with E-state index in [1.807, 2.05) is 24.3 Å². The van der Waals surface area contributed by atoms with E-state index in [4.69, 9.17) is 28.2 Å². The van der Waals surface area contributed by atoms with Crippen molar-refractivity contribution in [1.82, 2.24) is 10.2 Å². The van der Waals surface area contributed by atoms with Crippen LogP contribution in [0, 0.1) is 0 Å². The molecule has 3 aromatic rings. The Morgan fingerprint density at radius 2 is 1.69 bits per heavy atom. The van der Waals surface area contributed by atoms with E-state index in [0.717, 1.165) is 11.3 Å². The van der Waals surface area contributed by atoms with Gasteiger partial charge >= 0.3 is 0 Å². The Labute approximate surface area is 221 Å². The molecule has 2 heterocycles. The van der Waals surface area contributed by atoms with E-state index in [0.29, 0.717) is 48.2 Å². The van der Waals surface area contributed by atoms with E-state index in [1.165, 1.54) is 6.26 Å². The summed E-state index contributed by atoms with van der Waals surface area (Å²) in [6.45, 7) is 8.83. The monoisotopic (exact) mass is 524 g/mol. The molecule has 0 radical (unpaired) electrons. The van der Waals surface area contributed by atoms with Gasteiger partial charge < -0.3 is 19.5 Å². The third-order valence-electron chi connectivity index (χ3n) is 6.09. The normalized spacial score (nSPS) is 13.9. The fourth-order valence-electron chi connectivity index (χ4n) is 4.01. The summed E-state index contributed by atoms with van der Waals surface area (Å²) in [4.78, 5) is 29.0. The number of carbonyl (C=O) groups excluding carboxylic acids is 2. The average Bonchev–Trinajstić information content (AvgIpc) is 3.38. The molecule has 0 atom stereocenters. The lowest BCUT2D eigenvalue weighted by Gasteiger charge is -2.36. The van der Waals surface area contributed by atoms with Gasteiger partial charge in [-0.3, -0.25) is 14.9 Å². The first-order valence-corrected chi connectivity index (χ1v) is 12.5. The maximum atomic E-state index is 12.6. The van der Waals surface area contributed by atoms with E-state index >= 15 is 0 Å². The van der Waals surface area contributed by atoms with E-state index in [2.05, 4.69) is 36.3 Å². The van der Waals surface area contributed by atoms with E-state index in [1.54, 1.807) is 35.2 Å². The molecule has 0 spiro atoms.